The minimum Gasteiger partial charge on any atom is -0.478 e. The molecule has 0 aromatic heterocycles. The molecule has 1 aromatic rings. The molecule has 1 rings (SSSR count). The van der Waals surface area contributed by atoms with Gasteiger partial charge in [-0.1, -0.05) is 38.0 Å². The number of rotatable bonds is 8. The molecule has 5 heteroatoms. The third-order valence-corrected chi connectivity index (χ3v) is 3.37. The van der Waals surface area contributed by atoms with Crippen LogP contribution in [0.1, 0.15) is 42.1 Å². The summed E-state index contributed by atoms with van der Waals surface area (Å²) in [6, 6.07) is 6.78. The van der Waals surface area contributed by atoms with Crippen LogP contribution >= 0.6 is 0 Å². The molecular weight excluding hydrogens is 268 g/mol. The Balaban J connectivity index is 2.44. The lowest BCUT2D eigenvalue weighted by Gasteiger charge is -2.18. The first-order valence-electron chi connectivity index (χ1n) is 7.36. The number of carboxylic acid groups (broad SMARTS) is 1. The molecular formula is C16H24N2O3. The smallest absolute Gasteiger partial charge is 0.335 e. The van der Waals surface area contributed by atoms with E-state index in [1.807, 2.05) is 6.07 Å². The van der Waals surface area contributed by atoms with Crippen LogP contribution in [-0.2, 0) is 6.42 Å². The minimum atomic E-state index is -0.933. The van der Waals surface area contributed by atoms with Gasteiger partial charge in [-0.15, -0.1) is 0 Å². The Morgan fingerprint density at radius 2 is 1.95 bits per heavy atom. The van der Waals surface area contributed by atoms with Crippen LogP contribution in [0.2, 0.25) is 0 Å². The molecule has 0 aliphatic rings. The van der Waals surface area contributed by atoms with Crippen LogP contribution < -0.4 is 5.32 Å². The van der Waals surface area contributed by atoms with Crippen LogP contribution in [0.25, 0.3) is 0 Å². The van der Waals surface area contributed by atoms with Crippen molar-refractivity contribution < 1.29 is 14.7 Å². The lowest BCUT2D eigenvalue weighted by atomic mass is 10.0. The van der Waals surface area contributed by atoms with Gasteiger partial charge in [0, 0.05) is 20.1 Å². The quantitative estimate of drug-likeness (QED) is 0.724. The number of unbranched alkanes of at least 4 members (excludes halogenated alkanes) is 2. The maximum atomic E-state index is 11.8. The summed E-state index contributed by atoms with van der Waals surface area (Å²) in [6.07, 6.45) is 3.74. The van der Waals surface area contributed by atoms with Gasteiger partial charge < -0.3 is 15.3 Å². The molecule has 0 bridgehead atoms. The third kappa shape index (κ3) is 5.85. The molecule has 0 aliphatic carbocycles. The van der Waals surface area contributed by atoms with Crippen LogP contribution in [0.4, 0.5) is 4.79 Å². The molecule has 0 unspecified atom stereocenters. The van der Waals surface area contributed by atoms with Crippen molar-refractivity contribution in [3.63, 3.8) is 0 Å². The summed E-state index contributed by atoms with van der Waals surface area (Å²) in [7, 11) is 1.72. The Hall–Kier alpha value is -2.04. The van der Waals surface area contributed by atoms with Crippen molar-refractivity contribution in [2.24, 2.45) is 0 Å². The average Bonchev–Trinajstić information content (AvgIpc) is 2.49. The summed E-state index contributed by atoms with van der Waals surface area (Å²) in [5, 5.41) is 12.0. The summed E-state index contributed by atoms with van der Waals surface area (Å²) < 4.78 is 0. The summed E-state index contributed by atoms with van der Waals surface area (Å²) in [5.41, 5.74) is 1.05. The fourth-order valence-electron chi connectivity index (χ4n) is 2.04. The number of hydrogen-bond acceptors (Lipinski definition) is 2. The Morgan fingerprint density at radius 1 is 1.24 bits per heavy atom. The van der Waals surface area contributed by atoms with E-state index in [-0.39, 0.29) is 6.03 Å². The van der Waals surface area contributed by atoms with Crippen LogP contribution in [0, 0.1) is 0 Å². The van der Waals surface area contributed by atoms with Gasteiger partial charge in [-0.25, -0.2) is 9.59 Å². The number of carboxylic acids is 1. The monoisotopic (exact) mass is 292 g/mol. The molecule has 0 heterocycles. The fraction of sp³-hybridized carbons (Fsp3) is 0.500. The van der Waals surface area contributed by atoms with Crippen molar-refractivity contribution in [3.8, 4) is 0 Å². The maximum absolute atomic E-state index is 11.8. The highest BCUT2D eigenvalue weighted by Crippen LogP contribution is 2.10. The first-order valence-corrected chi connectivity index (χ1v) is 7.36. The molecule has 2 amide bonds. The predicted molar refractivity (Wildman–Crippen MR) is 82.7 cm³/mol. The first kappa shape index (κ1) is 17.0. The van der Waals surface area contributed by atoms with Gasteiger partial charge in [0.2, 0.25) is 0 Å². The predicted octanol–water partition coefficient (Wildman–Crippen LogP) is 2.76. The number of benzene rings is 1. The Bertz CT molecular complexity index is 474. The van der Waals surface area contributed by atoms with Crippen LogP contribution in [0.5, 0.6) is 0 Å². The molecule has 0 radical (unpaired) electrons. The zero-order valence-electron chi connectivity index (χ0n) is 12.8. The van der Waals surface area contributed by atoms with Crippen molar-refractivity contribution in [2.75, 3.05) is 20.1 Å². The van der Waals surface area contributed by atoms with E-state index in [2.05, 4.69) is 12.2 Å². The summed E-state index contributed by atoms with van der Waals surface area (Å²) >= 11 is 0. The standard InChI is InChI=1S/C16H24N2O3/c1-3-4-7-11-17-16(21)18(2)12-10-13-8-5-6-9-14(13)15(19)20/h5-6,8-9H,3-4,7,10-12H2,1-2H3,(H,17,21)(H,19,20). The molecule has 0 saturated carbocycles. The molecule has 0 fully saturated rings. The first-order chi connectivity index (χ1) is 10.1. The van der Waals surface area contributed by atoms with E-state index in [0.717, 1.165) is 24.8 Å². The molecule has 21 heavy (non-hydrogen) atoms. The fourth-order valence-corrected chi connectivity index (χ4v) is 2.04. The van der Waals surface area contributed by atoms with Gasteiger partial charge in [0.25, 0.3) is 0 Å². The molecule has 0 aliphatic heterocycles. The minimum absolute atomic E-state index is 0.112. The number of urea groups is 1. The van der Waals surface area contributed by atoms with Gasteiger partial charge in [-0.2, -0.15) is 0 Å². The second-order valence-electron chi connectivity index (χ2n) is 5.07. The lowest BCUT2D eigenvalue weighted by molar-refractivity contribution is 0.0695. The van der Waals surface area contributed by atoms with Crippen LogP contribution in [0.3, 0.4) is 0 Å². The van der Waals surface area contributed by atoms with Crippen molar-refractivity contribution in [2.45, 2.75) is 32.6 Å². The number of carbonyl (C=O) groups excluding carboxylic acids is 1. The zero-order chi connectivity index (χ0) is 15.7. The topological polar surface area (TPSA) is 69.6 Å². The molecule has 2 N–H and O–H groups in total. The van der Waals surface area contributed by atoms with E-state index < -0.39 is 5.97 Å². The Labute approximate surface area is 126 Å². The van der Waals surface area contributed by atoms with E-state index in [1.165, 1.54) is 0 Å². The van der Waals surface area contributed by atoms with E-state index in [0.29, 0.717) is 25.1 Å². The van der Waals surface area contributed by atoms with Crippen molar-refractivity contribution in [1.29, 1.82) is 0 Å². The van der Waals surface area contributed by atoms with E-state index in [9.17, 15) is 9.59 Å². The van der Waals surface area contributed by atoms with Crippen molar-refractivity contribution in [3.05, 3.63) is 35.4 Å². The van der Waals surface area contributed by atoms with Crippen molar-refractivity contribution >= 4 is 12.0 Å². The summed E-state index contributed by atoms with van der Waals surface area (Å²) in [4.78, 5) is 24.5. The summed E-state index contributed by atoms with van der Waals surface area (Å²) in [6.45, 7) is 3.29. The highest BCUT2D eigenvalue weighted by Gasteiger charge is 2.12. The number of carbonyl (C=O) groups is 2. The number of hydrogen-bond donors (Lipinski definition) is 2. The number of likely N-dealkylation sites (N-methyl/N-ethyl adjacent to an activating group) is 1. The van der Waals surface area contributed by atoms with E-state index in [1.54, 1.807) is 30.1 Å². The Morgan fingerprint density at radius 3 is 2.62 bits per heavy atom. The number of nitrogens with zero attached hydrogens (tertiary/aromatic N) is 1. The number of aromatic carboxylic acids is 1. The molecule has 0 saturated heterocycles. The van der Waals surface area contributed by atoms with Gasteiger partial charge in [0.15, 0.2) is 0 Å². The molecule has 1 aromatic carbocycles. The van der Waals surface area contributed by atoms with Crippen LogP contribution in [-0.4, -0.2) is 42.1 Å². The second-order valence-corrected chi connectivity index (χ2v) is 5.07. The lowest BCUT2D eigenvalue weighted by Crippen LogP contribution is -2.38. The van der Waals surface area contributed by atoms with Gasteiger partial charge in [0.1, 0.15) is 0 Å². The zero-order valence-corrected chi connectivity index (χ0v) is 12.8. The van der Waals surface area contributed by atoms with E-state index >= 15 is 0 Å². The molecule has 5 nitrogen and oxygen atoms in total. The number of nitrogens with one attached hydrogen (secondary N) is 1. The second kappa shape index (κ2) is 9.00. The summed E-state index contributed by atoms with van der Waals surface area (Å²) in [5.74, 6) is -0.933. The Kier molecular flexibility index (Phi) is 7.29. The highest BCUT2D eigenvalue weighted by molar-refractivity contribution is 5.89. The van der Waals surface area contributed by atoms with Gasteiger partial charge >= 0.3 is 12.0 Å². The van der Waals surface area contributed by atoms with Gasteiger partial charge in [0.05, 0.1) is 5.56 Å². The molecule has 116 valence electrons. The highest BCUT2D eigenvalue weighted by atomic mass is 16.4. The number of amides is 2. The SMILES string of the molecule is CCCCCNC(=O)N(C)CCc1ccccc1C(=O)O. The maximum Gasteiger partial charge on any atom is 0.335 e. The average molecular weight is 292 g/mol. The van der Waals surface area contributed by atoms with Crippen LogP contribution in [0.15, 0.2) is 24.3 Å². The van der Waals surface area contributed by atoms with Gasteiger partial charge in [-0.3, -0.25) is 0 Å². The molecule has 0 spiro atoms. The normalized spacial score (nSPS) is 10.2. The largest absolute Gasteiger partial charge is 0.478 e. The third-order valence-electron chi connectivity index (χ3n) is 3.37. The molecule has 0 atom stereocenters. The van der Waals surface area contributed by atoms with E-state index in [4.69, 9.17) is 5.11 Å². The van der Waals surface area contributed by atoms with Gasteiger partial charge in [-0.05, 0) is 24.5 Å². The van der Waals surface area contributed by atoms with Crippen molar-refractivity contribution in [1.82, 2.24) is 10.2 Å².